The highest BCUT2D eigenvalue weighted by atomic mass is 16.3. The molecule has 2 spiro atoms. The first-order valence-electron chi connectivity index (χ1n) is 10.2. The third-order valence-corrected chi connectivity index (χ3v) is 10.3. The van der Waals surface area contributed by atoms with Crippen molar-refractivity contribution in [2.24, 2.45) is 39.9 Å². The Morgan fingerprint density at radius 3 is 2.68 bits per heavy atom. The van der Waals surface area contributed by atoms with Gasteiger partial charge in [0.15, 0.2) is 0 Å². The van der Waals surface area contributed by atoms with Gasteiger partial charge in [-0.05, 0) is 62.0 Å². The van der Waals surface area contributed by atoms with Crippen LogP contribution in [0.1, 0.15) is 39.0 Å². The molecule has 138 valence electrons. The van der Waals surface area contributed by atoms with Crippen LogP contribution in [-0.4, -0.2) is 58.2 Å². The number of hydrogen-bond donors (Lipinski definition) is 3. The van der Waals surface area contributed by atoms with Gasteiger partial charge in [0, 0.05) is 35.3 Å². The SMILES string of the molecule is C=C1[C@H]2CC[C@]3(C(C2O)[C@@]24C5[C@H]3CC2[C@@](C)(CC[C@@H]4O)CN5C)[C@@H]1O. The molecule has 1 aliphatic heterocycles. The Morgan fingerprint density at radius 1 is 1.16 bits per heavy atom. The van der Waals surface area contributed by atoms with Crippen LogP contribution in [-0.2, 0) is 0 Å². The minimum absolute atomic E-state index is 0.0158. The van der Waals surface area contributed by atoms with E-state index < -0.39 is 12.2 Å². The first-order valence-corrected chi connectivity index (χ1v) is 10.2. The van der Waals surface area contributed by atoms with E-state index in [0.717, 1.165) is 44.2 Å². The molecule has 7 rings (SSSR count). The van der Waals surface area contributed by atoms with Gasteiger partial charge >= 0.3 is 0 Å². The normalized spacial score (nSPS) is 67.6. The predicted octanol–water partition coefficient (Wildman–Crippen LogP) is 1.40. The molecule has 7 aliphatic rings. The fraction of sp³-hybridized carbons (Fsp3) is 0.905. The lowest BCUT2D eigenvalue weighted by atomic mass is 9.38. The van der Waals surface area contributed by atoms with Crippen molar-refractivity contribution in [3.63, 3.8) is 0 Å². The van der Waals surface area contributed by atoms with Crippen molar-refractivity contribution in [3.05, 3.63) is 12.2 Å². The van der Waals surface area contributed by atoms with E-state index in [1.165, 1.54) is 0 Å². The lowest BCUT2D eigenvalue weighted by molar-refractivity contribution is -0.255. The molecular weight excluding hydrogens is 314 g/mol. The number of likely N-dealkylation sites (tertiary alicyclic amines) is 1. The maximum absolute atomic E-state index is 11.4. The van der Waals surface area contributed by atoms with Crippen molar-refractivity contribution in [3.8, 4) is 0 Å². The van der Waals surface area contributed by atoms with Crippen LogP contribution in [0.2, 0.25) is 0 Å². The summed E-state index contributed by atoms with van der Waals surface area (Å²) in [5.74, 6) is 0.914. The molecule has 1 saturated heterocycles. The Morgan fingerprint density at radius 2 is 1.92 bits per heavy atom. The molecule has 7 fully saturated rings. The zero-order chi connectivity index (χ0) is 17.5. The minimum Gasteiger partial charge on any atom is -0.392 e. The highest BCUT2D eigenvalue weighted by Crippen LogP contribution is 2.83. The van der Waals surface area contributed by atoms with E-state index in [4.69, 9.17) is 0 Å². The zero-order valence-corrected chi connectivity index (χ0v) is 15.4. The quantitative estimate of drug-likeness (QED) is 0.581. The first kappa shape index (κ1) is 15.6. The monoisotopic (exact) mass is 345 g/mol. The summed E-state index contributed by atoms with van der Waals surface area (Å²) in [5, 5.41) is 34.1. The van der Waals surface area contributed by atoms with E-state index in [9.17, 15) is 15.3 Å². The predicted molar refractivity (Wildman–Crippen MR) is 93.6 cm³/mol. The van der Waals surface area contributed by atoms with Crippen LogP contribution in [0.25, 0.3) is 0 Å². The Bertz CT molecular complexity index is 680. The molecular formula is C21H31NO3. The number of aliphatic hydroxyl groups excluding tert-OH is 3. The van der Waals surface area contributed by atoms with Gasteiger partial charge in [-0.3, -0.25) is 0 Å². The highest BCUT2D eigenvalue weighted by Gasteiger charge is 2.85. The van der Waals surface area contributed by atoms with E-state index in [2.05, 4.69) is 25.5 Å². The van der Waals surface area contributed by atoms with Crippen LogP contribution in [0, 0.1) is 39.9 Å². The molecule has 0 aromatic carbocycles. The maximum Gasteiger partial charge on any atom is 0.0814 e. The van der Waals surface area contributed by atoms with E-state index >= 15 is 0 Å². The summed E-state index contributed by atoms with van der Waals surface area (Å²) in [5.41, 5.74) is 0.609. The molecule has 0 radical (unpaired) electrons. The first-order chi connectivity index (χ1) is 11.8. The molecule has 6 saturated carbocycles. The van der Waals surface area contributed by atoms with Gasteiger partial charge in [-0.1, -0.05) is 13.5 Å². The fourth-order valence-corrected chi connectivity index (χ4v) is 9.94. The summed E-state index contributed by atoms with van der Waals surface area (Å²) in [4.78, 5) is 2.50. The smallest absolute Gasteiger partial charge is 0.0814 e. The number of fused-ring (bicyclic) bond motifs is 2. The highest BCUT2D eigenvalue weighted by molar-refractivity contribution is 5.39. The molecule has 0 aromatic rings. The molecule has 0 amide bonds. The number of rotatable bonds is 0. The van der Waals surface area contributed by atoms with E-state index in [1.807, 2.05) is 0 Å². The van der Waals surface area contributed by atoms with Crippen molar-refractivity contribution in [2.45, 2.75) is 63.4 Å². The van der Waals surface area contributed by atoms with Crippen molar-refractivity contribution in [1.29, 1.82) is 0 Å². The van der Waals surface area contributed by atoms with Crippen LogP contribution in [0.4, 0.5) is 0 Å². The lowest BCUT2D eigenvalue weighted by Crippen LogP contribution is -2.72. The van der Waals surface area contributed by atoms with Gasteiger partial charge in [0.1, 0.15) is 0 Å². The van der Waals surface area contributed by atoms with Gasteiger partial charge in [0.2, 0.25) is 0 Å². The minimum atomic E-state index is -0.501. The molecule has 0 aromatic heterocycles. The molecule has 11 atom stereocenters. The number of hydrogen-bond acceptors (Lipinski definition) is 4. The van der Waals surface area contributed by atoms with E-state index in [0.29, 0.717) is 17.9 Å². The van der Waals surface area contributed by atoms with Crippen molar-refractivity contribution >= 4 is 0 Å². The molecule has 1 heterocycles. The molecule has 3 N–H and O–H groups in total. The van der Waals surface area contributed by atoms with Crippen LogP contribution in [0.3, 0.4) is 0 Å². The summed E-state index contributed by atoms with van der Waals surface area (Å²) in [6.45, 7) is 7.70. The van der Waals surface area contributed by atoms with Gasteiger partial charge < -0.3 is 20.2 Å². The van der Waals surface area contributed by atoms with E-state index in [1.54, 1.807) is 0 Å². The van der Waals surface area contributed by atoms with Gasteiger partial charge in [-0.25, -0.2) is 0 Å². The van der Waals surface area contributed by atoms with Crippen LogP contribution >= 0.6 is 0 Å². The maximum atomic E-state index is 11.4. The lowest BCUT2D eigenvalue weighted by Gasteiger charge is -2.68. The molecule has 4 nitrogen and oxygen atoms in total. The van der Waals surface area contributed by atoms with Crippen molar-refractivity contribution in [1.82, 2.24) is 4.90 Å². The number of piperidine rings is 1. The Kier molecular flexibility index (Phi) is 2.62. The molecule has 6 aliphatic carbocycles. The van der Waals surface area contributed by atoms with Crippen molar-refractivity contribution < 1.29 is 15.3 Å². The largest absolute Gasteiger partial charge is 0.392 e. The average molecular weight is 345 g/mol. The molecule has 7 bridgehead atoms. The van der Waals surface area contributed by atoms with Gasteiger partial charge in [-0.15, -0.1) is 0 Å². The van der Waals surface area contributed by atoms with Crippen molar-refractivity contribution in [2.75, 3.05) is 13.6 Å². The zero-order valence-electron chi connectivity index (χ0n) is 15.4. The second-order valence-electron chi connectivity index (χ2n) is 10.7. The summed E-state index contributed by atoms with van der Waals surface area (Å²) in [7, 11) is 2.22. The summed E-state index contributed by atoms with van der Waals surface area (Å²) in [6.07, 6.45) is 3.70. The Labute approximate surface area is 149 Å². The third-order valence-electron chi connectivity index (χ3n) is 10.3. The standard InChI is InChI=1S/C21H31NO3/c1-10-11-4-7-20(18(10)25)12-8-13-19(2)6-5-14(23)21(13,16(20)15(11)24)17(12)22(3)9-19/h11-18,23-25H,1,4-9H2,2-3H3/t11-,12-,13?,14+,15?,16?,17?,18-,19+,20+,21-/m1/s1. The number of nitrogens with zero attached hydrogens (tertiary/aromatic N) is 1. The average Bonchev–Trinajstić information content (AvgIpc) is 3.02. The Hall–Kier alpha value is -0.420. The second kappa shape index (κ2) is 4.19. The van der Waals surface area contributed by atoms with E-state index in [-0.39, 0.29) is 34.2 Å². The summed E-state index contributed by atoms with van der Waals surface area (Å²) < 4.78 is 0. The van der Waals surface area contributed by atoms with Crippen LogP contribution < -0.4 is 0 Å². The third kappa shape index (κ3) is 1.28. The molecule has 4 unspecified atom stereocenters. The van der Waals surface area contributed by atoms with Gasteiger partial charge in [0.05, 0.1) is 18.3 Å². The topological polar surface area (TPSA) is 63.9 Å². The molecule has 25 heavy (non-hydrogen) atoms. The van der Waals surface area contributed by atoms with Gasteiger partial charge in [-0.2, -0.15) is 0 Å². The Balaban J connectivity index is 1.63. The van der Waals surface area contributed by atoms with Crippen LogP contribution in [0.15, 0.2) is 12.2 Å². The summed E-state index contributed by atoms with van der Waals surface area (Å²) in [6, 6.07) is 0.305. The second-order valence-corrected chi connectivity index (χ2v) is 10.7. The number of aliphatic hydroxyl groups is 3. The fourth-order valence-electron chi connectivity index (χ4n) is 9.94. The molecule has 4 heteroatoms. The summed E-state index contributed by atoms with van der Waals surface area (Å²) >= 11 is 0. The van der Waals surface area contributed by atoms with Crippen LogP contribution in [0.5, 0.6) is 0 Å². The van der Waals surface area contributed by atoms with Gasteiger partial charge in [0.25, 0.3) is 0 Å².